The Bertz CT molecular complexity index is 329. The number of aromatic nitrogens is 1. The van der Waals surface area contributed by atoms with Crippen molar-refractivity contribution in [3.05, 3.63) is 23.5 Å². The van der Waals surface area contributed by atoms with Crippen LogP contribution in [0.3, 0.4) is 0 Å². The predicted molar refractivity (Wildman–Crippen MR) is 63.5 cm³/mol. The highest BCUT2D eigenvalue weighted by Crippen LogP contribution is 2.47. The number of rotatable bonds is 2. The first-order valence-electron chi connectivity index (χ1n) is 5.67. The van der Waals surface area contributed by atoms with Gasteiger partial charge in [-0.25, -0.2) is 0 Å². The van der Waals surface area contributed by atoms with Gasteiger partial charge in [0.2, 0.25) is 0 Å². The first kappa shape index (κ1) is 12.0. The van der Waals surface area contributed by atoms with Crippen LogP contribution in [-0.2, 0) is 5.41 Å². The zero-order valence-electron chi connectivity index (χ0n) is 10.4. The molecule has 1 aliphatic carbocycles. The average molecular weight is 207 g/mol. The van der Waals surface area contributed by atoms with Crippen molar-refractivity contribution in [3.63, 3.8) is 0 Å². The van der Waals surface area contributed by atoms with Crippen LogP contribution in [0.2, 0.25) is 0 Å². The summed E-state index contributed by atoms with van der Waals surface area (Å²) in [6, 6.07) is 2.14. The SMILES string of the molecule is CC.COc1cnc(C2(C)CC2)cc1C. The summed E-state index contributed by atoms with van der Waals surface area (Å²) >= 11 is 0. The van der Waals surface area contributed by atoms with Gasteiger partial charge in [-0.3, -0.25) is 4.98 Å². The van der Waals surface area contributed by atoms with Gasteiger partial charge < -0.3 is 4.74 Å². The monoisotopic (exact) mass is 207 g/mol. The van der Waals surface area contributed by atoms with E-state index in [9.17, 15) is 0 Å². The molecule has 0 aromatic carbocycles. The van der Waals surface area contributed by atoms with Crippen LogP contribution in [0.1, 0.15) is 44.9 Å². The lowest BCUT2D eigenvalue weighted by molar-refractivity contribution is 0.409. The zero-order chi connectivity index (χ0) is 11.5. The van der Waals surface area contributed by atoms with E-state index < -0.39 is 0 Å². The Hall–Kier alpha value is -1.05. The maximum absolute atomic E-state index is 5.17. The van der Waals surface area contributed by atoms with Crippen molar-refractivity contribution >= 4 is 0 Å². The van der Waals surface area contributed by atoms with Crippen LogP contribution in [0.15, 0.2) is 12.3 Å². The molecule has 84 valence electrons. The standard InChI is InChI=1S/C11H15NO.C2H6/c1-8-6-10(11(2)4-5-11)12-7-9(8)13-3;1-2/h6-7H,4-5H2,1-3H3;1-2H3. The van der Waals surface area contributed by atoms with Crippen LogP contribution >= 0.6 is 0 Å². The first-order chi connectivity index (χ1) is 7.15. The molecule has 0 spiro atoms. The molecule has 0 amide bonds. The lowest BCUT2D eigenvalue weighted by atomic mass is 10.0. The topological polar surface area (TPSA) is 22.1 Å². The average Bonchev–Trinajstić information content (AvgIpc) is 3.01. The van der Waals surface area contributed by atoms with E-state index >= 15 is 0 Å². The summed E-state index contributed by atoms with van der Waals surface area (Å²) in [6.07, 6.45) is 4.37. The summed E-state index contributed by atoms with van der Waals surface area (Å²) in [7, 11) is 1.68. The van der Waals surface area contributed by atoms with Gasteiger partial charge in [-0.15, -0.1) is 0 Å². The molecule has 0 N–H and O–H groups in total. The fourth-order valence-corrected chi connectivity index (χ4v) is 1.53. The highest BCUT2D eigenvalue weighted by Gasteiger charge is 2.40. The van der Waals surface area contributed by atoms with Gasteiger partial charge in [-0.2, -0.15) is 0 Å². The summed E-state index contributed by atoms with van der Waals surface area (Å²) in [5.74, 6) is 0.882. The fourth-order valence-electron chi connectivity index (χ4n) is 1.53. The van der Waals surface area contributed by atoms with Crippen molar-refractivity contribution in [1.29, 1.82) is 0 Å². The number of ether oxygens (including phenoxy) is 1. The second kappa shape index (κ2) is 4.65. The quantitative estimate of drug-likeness (QED) is 0.740. The third kappa shape index (κ3) is 2.49. The summed E-state index contributed by atoms with van der Waals surface area (Å²) in [6.45, 7) is 8.33. The number of methoxy groups -OCH3 is 1. The molecule has 2 heteroatoms. The first-order valence-corrected chi connectivity index (χ1v) is 5.67. The minimum atomic E-state index is 0.358. The highest BCUT2D eigenvalue weighted by molar-refractivity contribution is 5.35. The molecule has 0 saturated heterocycles. The van der Waals surface area contributed by atoms with Crippen molar-refractivity contribution in [2.75, 3.05) is 7.11 Å². The van der Waals surface area contributed by atoms with Gasteiger partial charge in [0.25, 0.3) is 0 Å². The molecule has 0 radical (unpaired) electrons. The van der Waals surface area contributed by atoms with Crippen molar-refractivity contribution < 1.29 is 4.74 Å². The molecule has 2 nitrogen and oxygen atoms in total. The van der Waals surface area contributed by atoms with Crippen molar-refractivity contribution in [3.8, 4) is 5.75 Å². The molecule has 1 saturated carbocycles. The number of nitrogens with zero attached hydrogens (tertiary/aromatic N) is 1. The molecule has 0 bridgehead atoms. The molecule has 2 rings (SSSR count). The second-order valence-corrected chi connectivity index (χ2v) is 4.10. The molecule has 0 unspecified atom stereocenters. The third-order valence-electron chi connectivity index (χ3n) is 2.90. The van der Waals surface area contributed by atoms with Crippen molar-refractivity contribution in [2.24, 2.45) is 0 Å². The van der Waals surface area contributed by atoms with Crippen LogP contribution in [0.5, 0.6) is 5.75 Å². The summed E-state index contributed by atoms with van der Waals surface area (Å²) in [5.41, 5.74) is 2.75. The molecule has 1 heterocycles. The van der Waals surface area contributed by atoms with E-state index in [4.69, 9.17) is 4.74 Å². The third-order valence-corrected chi connectivity index (χ3v) is 2.90. The van der Waals surface area contributed by atoms with E-state index in [0.29, 0.717) is 5.41 Å². The minimum Gasteiger partial charge on any atom is -0.495 e. The Labute approximate surface area is 92.7 Å². The van der Waals surface area contributed by atoms with Crippen LogP contribution in [0.4, 0.5) is 0 Å². The largest absolute Gasteiger partial charge is 0.495 e. The van der Waals surface area contributed by atoms with Crippen LogP contribution in [-0.4, -0.2) is 12.1 Å². The van der Waals surface area contributed by atoms with Gasteiger partial charge in [0.15, 0.2) is 0 Å². The number of hydrogen-bond donors (Lipinski definition) is 0. The predicted octanol–water partition coefficient (Wildman–Crippen LogP) is 3.48. The molecular formula is C13H21NO. The molecule has 0 aliphatic heterocycles. The van der Waals surface area contributed by atoms with Gasteiger partial charge in [0, 0.05) is 11.1 Å². The van der Waals surface area contributed by atoms with E-state index in [1.807, 2.05) is 20.0 Å². The normalized spacial score (nSPS) is 16.3. The number of aryl methyl sites for hydroxylation is 1. The van der Waals surface area contributed by atoms with Gasteiger partial charge in [0.05, 0.1) is 13.3 Å². The van der Waals surface area contributed by atoms with Gasteiger partial charge >= 0.3 is 0 Å². The van der Waals surface area contributed by atoms with Crippen LogP contribution in [0.25, 0.3) is 0 Å². The number of hydrogen-bond acceptors (Lipinski definition) is 2. The number of pyridine rings is 1. The van der Waals surface area contributed by atoms with Crippen LogP contribution < -0.4 is 4.74 Å². The smallest absolute Gasteiger partial charge is 0.140 e. The van der Waals surface area contributed by atoms with Gasteiger partial charge in [0.1, 0.15) is 5.75 Å². The summed E-state index contributed by atoms with van der Waals surface area (Å²) in [4.78, 5) is 4.42. The molecule has 1 aliphatic rings. The van der Waals surface area contributed by atoms with E-state index in [1.165, 1.54) is 24.1 Å². The summed E-state index contributed by atoms with van der Waals surface area (Å²) < 4.78 is 5.17. The zero-order valence-corrected chi connectivity index (χ0v) is 10.4. The Morgan fingerprint density at radius 3 is 2.33 bits per heavy atom. The molecule has 0 atom stereocenters. The lowest BCUT2D eigenvalue weighted by Crippen LogP contribution is -2.04. The molecule has 1 aromatic rings. The highest BCUT2D eigenvalue weighted by atomic mass is 16.5. The van der Waals surface area contributed by atoms with Gasteiger partial charge in [-0.05, 0) is 31.4 Å². The summed E-state index contributed by atoms with van der Waals surface area (Å²) in [5, 5.41) is 0. The minimum absolute atomic E-state index is 0.358. The second-order valence-electron chi connectivity index (χ2n) is 4.10. The molecule has 1 fully saturated rings. The Balaban J connectivity index is 0.000000531. The van der Waals surface area contributed by atoms with E-state index in [-0.39, 0.29) is 0 Å². The maximum atomic E-state index is 5.17. The Morgan fingerprint density at radius 2 is 1.93 bits per heavy atom. The van der Waals surface area contributed by atoms with Gasteiger partial charge in [-0.1, -0.05) is 20.8 Å². The van der Waals surface area contributed by atoms with Crippen molar-refractivity contribution in [2.45, 2.75) is 46.0 Å². The Morgan fingerprint density at radius 1 is 1.33 bits per heavy atom. The molecule has 1 aromatic heterocycles. The fraction of sp³-hybridized carbons (Fsp3) is 0.615. The van der Waals surface area contributed by atoms with E-state index in [0.717, 1.165) is 5.75 Å². The molecular weight excluding hydrogens is 186 g/mol. The Kier molecular flexibility index (Phi) is 3.72. The van der Waals surface area contributed by atoms with E-state index in [2.05, 4.69) is 24.9 Å². The molecule has 15 heavy (non-hydrogen) atoms. The maximum Gasteiger partial charge on any atom is 0.140 e. The van der Waals surface area contributed by atoms with E-state index in [1.54, 1.807) is 7.11 Å². The van der Waals surface area contributed by atoms with Crippen molar-refractivity contribution in [1.82, 2.24) is 4.98 Å². The lowest BCUT2D eigenvalue weighted by Gasteiger charge is -2.10. The van der Waals surface area contributed by atoms with Crippen LogP contribution in [0, 0.1) is 6.92 Å².